The van der Waals surface area contributed by atoms with Gasteiger partial charge in [-0.2, -0.15) is 0 Å². The van der Waals surface area contributed by atoms with Gasteiger partial charge >= 0.3 is 12.3 Å². The maximum atomic E-state index is 13.8. The molecule has 0 radical (unpaired) electrons. The number of aromatic hydroxyl groups is 1. The highest BCUT2D eigenvalue weighted by molar-refractivity contribution is 9.10. The number of carbonyl (C=O) groups is 2. The van der Waals surface area contributed by atoms with Crippen LogP contribution in [0.25, 0.3) is 0 Å². The first kappa shape index (κ1) is 25.4. The second-order valence-electron chi connectivity index (χ2n) is 9.75. The highest BCUT2D eigenvalue weighted by atomic mass is 79.9. The van der Waals surface area contributed by atoms with E-state index in [4.69, 9.17) is 9.47 Å². The van der Waals surface area contributed by atoms with Gasteiger partial charge in [0.05, 0.1) is 24.1 Å². The summed E-state index contributed by atoms with van der Waals surface area (Å²) in [6.45, 7) is 0. The number of phenolic OH excluding ortho intramolecular Hbond substituents is 1. The molecule has 0 spiro atoms. The Morgan fingerprint density at radius 1 is 1.03 bits per heavy atom. The van der Waals surface area contributed by atoms with Crippen molar-refractivity contribution in [1.29, 1.82) is 0 Å². The second-order valence-corrected chi connectivity index (χ2v) is 10.6. The summed E-state index contributed by atoms with van der Waals surface area (Å²) in [6, 6.07) is 14.2. The molecule has 1 amide bonds. The Labute approximate surface area is 229 Å². The number of phenols is 1. The van der Waals surface area contributed by atoms with Crippen LogP contribution in [0.3, 0.4) is 0 Å². The topological polar surface area (TPSA) is 103 Å². The standard InChI is InChI=1S/C28H22BrF2NO7/c1-36-26(35)15-4-2-14(3-5-15)21-11-18(17-7-6-16(33)10-22(17)37-21)25(34)32-27(8-9-27)19-12-23-24(13-20(19)29)39-28(30,31)38-23/h2-7,10,12-13,18,21,33H,8-9,11H2,1H3,(H,32,34)/t18-,21-/m1/s1. The van der Waals surface area contributed by atoms with Gasteiger partial charge in [-0.25, -0.2) is 4.79 Å². The van der Waals surface area contributed by atoms with Gasteiger partial charge in [0.2, 0.25) is 5.91 Å². The number of amides is 1. The SMILES string of the molecule is COC(=O)c1ccc([C@H]2C[C@@H](C(=O)NC3(c4cc5c(cc4Br)OC(F)(F)O5)CC3)c3ccc(O)cc3O2)cc1. The largest absolute Gasteiger partial charge is 0.586 e. The maximum Gasteiger partial charge on any atom is 0.586 e. The Hall–Kier alpha value is -3.86. The van der Waals surface area contributed by atoms with E-state index >= 15 is 0 Å². The minimum Gasteiger partial charge on any atom is -0.508 e. The molecule has 11 heteroatoms. The van der Waals surface area contributed by atoms with Crippen molar-refractivity contribution in [2.45, 2.75) is 43.1 Å². The van der Waals surface area contributed by atoms with Gasteiger partial charge in [0.25, 0.3) is 0 Å². The predicted octanol–water partition coefficient (Wildman–Crippen LogP) is 5.68. The van der Waals surface area contributed by atoms with Gasteiger partial charge < -0.3 is 29.4 Å². The van der Waals surface area contributed by atoms with E-state index in [1.54, 1.807) is 30.3 Å². The first-order chi connectivity index (χ1) is 18.6. The summed E-state index contributed by atoms with van der Waals surface area (Å²) < 4.78 is 47.8. The van der Waals surface area contributed by atoms with Crippen molar-refractivity contribution in [3.8, 4) is 23.0 Å². The highest BCUT2D eigenvalue weighted by Crippen LogP contribution is 2.53. The quantitative estimate of drug-likeness (QED) is 0.363. The van der Waals surface area contributed by atoms with Crippen LogP contribution in [-0.2, 0) is 15.1 Å². The van der Waals surface area contributed by atoms with Crippen molar-refractivity contribution in [2.75, 3.05) is 7.11 Å². The summed E-state index contributed by atoms with van der Waals surface area (Å²) in [4.78, 5) is 25.6. The monoisotopic (exact) mass is 601 g/mol. The average Bonchev–Trinajstić information content (AvgIpc) is 3.61. The molecule has 0 aromatic heterocycles. The van der Waals surface area contributed by atoms with Gasteiger partial charge in [-0.1, -0.05) is 34.1 Å². The number of methoxy groups -OCH3 is 1. The van der Waals surface area contributed by atoms with Gasteiger partial charge in [0, 0.05) is 22.5 Å². The van der Waals surface area contributed by atoms with E-state index in [-0.39, 0.29) is 23.2 Å². The molecule has 1 saturated carbocycles. The number of ether oxygens (including phenoxy) is 4. The molecule has 1 aliphatic carbocycles. The number of alkyl halides is 2. The lowest BCUT2D eigenvalue weighted by atomic mass is 9.86. The van der Waals surface area contributed by atoms with Gasteiger partial charge in [0.1, 0.15) is 17.6 Å². The van der Waals surface area contributed by atoms with E-state index in [9.17, 15) is 23.5 Å². The summed E-state index contributed by atoms with van der Waals surface area (Å²) >= 11 is 3.43. The fourth-order valence-corrected chi connectivity index (χ4v) is 5.81. The Morgan fingerprint density at radius 2 is 1.72 bits per heavy atom. The lowest BCUT2D eigenvalue weighted by Gasteiger charge is -2.33. The minimum absolute atomic E-state index is 0.00523. The number of rotatable bonds is 5. The van der Waals surface area contributed by atoms with Crippen LogP contribution in [0.4, 0.5) is 8.78 Å². The third-order valence-corrected chi connectivity index (χ3v) is 7.89. The van der Waals surface area contributed by atoms with E-state index in [2.05, 4.69) is 30.7 Å². The van der Waals surface area contributed by atoms with Gasteiger partial charge in [0.15, 0.2) is 11.5 Å². The Balaban J connectivity index is 1.28. The van der Waals surface area contributed by atoms with Gasteiger partial charge in [-0.15, -0.1) is 8.78 Å². The van der Waals surface area contributed by atoms with Gasteiger partial charge in [-0.05, 0) is 54.3 Å². The lowest BCUT2D eigenvalue weighted by Crippen LogP contribution is -2.40. The van der Waals surface area contributed by atoms with Crippen molar-refractivity contribution in [3.05, 3.63) is 81.3 Å². The zero-order valence-corrected chi connectivity index (χ0v) is 22.1. The molecular formula is C28H22BrF2NO7. The molecule has 3 aromatic rings. The molecule has 39 heavy (non-hydrogen) atoms. The molecule has 8 nitrogen and oxygen atoms in total. The zero-order valence-electron chi connectivity index (χ0n) is 20.5. The van der Waals surface area contributed by atoms with Crippen LogP contribution in [0.2, 0.25) is 0 Å². The van der Waals surface area contributed by atoms with Gasteiger partial charge in [-0.3, -0.25) is 4.79 Å². The molecule has 0 bridgehead atoms. The molecule has 2 atom stereocenters. The number of halogens is 3. The Morgan fingerprint density at radius 3 is 2.38 bits per heavy atom. The number of nitrogens with one attached hydrogen (secondary N) is 1. The lowest BCUT2D eigenvalue weighted by molar-refractivity contribution is -0.286. The summed E-state index contributed by atoms with van der Waals surface area (Å²) in [7, 11) is 1.30. The van der Waals surface area contributed by atoms with Crippen LogP contribution in [0.5, 0.6) is 23.0 Å². The zero-order chi connectivity index (χ0) is 27.5. The molecule has 3 aromatic carbocycles. The van der Waals surface area contributed by atoms with E-state index in [0.29, 0.717) is 46.2 Å². The normalized spacial score (nSPS) is 21.3. The summed E-state index contributed by atoms with van der Waals surface area (Å²) in [5.74, 6) is -1.18. The van der Waals surface area contributed by atoms with E-state index in [1.165, 1.54) is 31.4 Å². The number of hydrogen-bond donors (Lipinski definition) is 2. The molecule has 0 unspecified atom stereocenters. The van der Waals surface area contributed by atoms with Crippen molar-refractivity contribution in [1.82, 2.24) is 5.32 Å². The first-order valence-corrected chi connectivity index (χ1v) is 13.0. The molecule has 202 valence electrons. The first-order valence-electron chi connectivity index (χ1n) is 12.2. The minimum atomic E-state index is -3.75. The molecular weight excluding hydrogens is 580 g/mol. The van der Waals surface area contributed by atoms with E-state index in [0.717, 1.165) is 5.56 Å². The Bertz CT molecular complexity index is 1490. The van der Waals surface area contributed by atoms with Crippen molar-refractivity contribution >= 4 is 27.8 Å². The number of carbonyl (C=O) groups excluding carboxylic acids is 2. The third kappa shape index (κ3) is 4.64. The van der Waals surface area contributed by atoms with Crippen LogP contribution in [0, 0.1) is 0 Å². The third-order valence-electron chi connectivity index (χ3n) is 7.23. The summed E-state index contributed by atoms with van der Waals surface area (Å²) in [5, 5.41) is 13.2. The number of esters is 1. The average molecular weight is 602 g/mol. The van der Waals surface area contributed by atoms with E-state index < -0.39 is 29.8 Å². The molecule has 3 aliphatic rings. The number of benzene rings is 3. The van der Waals surface area contributed by atoms with Crippen molar-refractivity contribution in [3.63, 3.8) is 0 Å². The fourth-order valence-electron chi connectivity index (χ4n) is 5.11. The molecule has 2 heterocycles. The fraction of sp³-hybridized carbons (Fsp3) is 0.286. The second kappa shape index (κ2) is 9.11. The molecule has 2 aliphatic heterocycles. The summed E-state index contributed by atoms with van der Waals surface area (Å²) in [5.41, 5.74) is 1.60. The number of fused-ring (bicyclic) bond motifs is 2. The molecule has 6 rings (SSSR count). The predicted molar refractivity (Wildman–Crippen MR) is 136 cm³/mol. The molecule has 0 saturated heterocycles. The van der Waals surface area contributed by atoms with Crippen LogP contribution in [-0.4, -0.2) is 30.4 Å². The molecule has 1 fully saturated rings. The number of hydrogen-bond acceptors (Lipinski definition) is 7. The van der Waals surface area contributed by atoms with Crippen LogP contribution >= 0.6 is 15.9 Å². The van der Waals surface area contributed by atoms with Crippen molar-refractivity contribution in [2.24, 2.45) is 0 Å². The molecule has 2 N–H and O–H groups in total. The smallest absolute Gasteiger partial charge is 0.508 e. The van der Waals surface area contributed by atoms with Crippen LogP contribution < -0.4 is 19.5 Å². The maximum absolute atomic E-state index is 13.8. The van der Waals surface area contributed by atoms with E-state index in [1.807, 2.05) is 0 Å². The van der Waals surface area contributed by atoms with Crippen molar-refractivity contribution < 1.29 is 42.4 Å². The summed E-state index contributed by atoms with van der Waals surface area (Å²) in [6.07, 6.45) is -2.76. The van der Waals surface area contributed by atoms with Crippen LogP contribution in [0.15, 0.2) is 59.1 Å². The Kier molecular flexibility index (Phi) is 5.94. The highest BCUT2D eigenvalue weighted by Gasteiger charge is 2.51. The van der Waals surface area contributed by atoms with Crippen LogP contribution in [0.1, 0.15) is 58.3 Å².